The summed E-state index contributed by atoms with van der Waals surface area (Å²) < 4.78 is 5.31. The Labute approximate surface area is 259 Å². The number of anilines is 1. The maximum absolute atomic E-state index is 13.8. The van der Waals surface area contributed by atoms with Crippen molar-refractivity contribution in [3.05, 3.63) is 131 Å². The van der Waals surface area contributed by atoms with Crippen molar-refractivity contribution in [3.63, 3.8) is 0 Å². The maximum Gasteiger partial charge on any atom is 0.251 e. The van der Waals surface area contributed by atoms with Gasteiger partial charge in [0, 0.05) is 37.3 Å². The van der Waals surface area contributed by atoms with Crippen LogP contribution in [-0.2, 0) is 17.8 Å². The molecule has 2 amide bonds. The van der Waals surface area contributed by atoms with Crippen molar-refractivity contribution in [3.8, 4) is 5.75 Å². The van der Waals surface area contributed by atoms with Crippen molar-refractivity contribution in [2.75, 3.05) is 25.1 Å². The van der Waals surface area contributed by atoms with Gasteiger partial charge in [-0.3, -0.25) is 9.59 Å². The third-order valence-corrected chi connectivity index (χ3v) is 7.75. The van der Waals surface area contributed by atoms with Gasteiger partial charge in [0.2, 0.25) is 5.91 Å². The summed E-state index contributed by atoms with van der Waals surface area (Å²) in [7, 11) is 1.63. The van der Waals surface area contributed by atoms with Gasteiger partial charge < -0.3 is 25.4 Å². The number of rotatable bonds is 13. The molecule has 1 heterocycles. The van der Waals surface area contributed by atoms with E-state index in [1.165, 1.54) is 0 Å². The van der Waals surface area contributed by atoms with Crippen molar-refractivity contribution in [1.82, 2.24) is 10.6 Å². The first-order valence-electron chi connectivity index (χ1n) is 15.0. The van der Waals surface area contributed by atoms with Crippen LogP contribution >= 0.6 is 0 Å². The second kappa shape index (κ2) is 15.1. The lowest BCUT2D eigenvalue weighted by molar-refractivity contribution is -0.117. The number of aliphatic hydroxyl groups excluding tert-OH is 1. The molecule has 44 heavy (non-hydrogen) atoms. The molecule has 0 saturated carbocycles. The Morgan fingerprint density at radius 3 is 2.36 bits per heavy atom. The molecule has 4 aromatic carbocycles. The predicted molar refractivity (Wildman–Crippen MR) is 176 cm³/mol. The van der Waals surface area contributed by atoms with Crippen molar-refractivity contribution in [2.45, 2.75) is 38.0 Å². The van der Waals surface area contributed by atoms with E-state index in [4.69, 9.17) is 4.74 Å². The molecule has 7 nitrogen and oxygen atoms in total. The smallest absolute Gasteiger partial charge is 0.251 e. The summed E-state index contributed by atoms with van der Waals surface area (Å²) in [6, 6.07) is 32.5. The minimum Gasteiger partial charge on any atom is -0.497 e. The fraction of sp³-hybridized carbons (Fsp3) is 0.243. The SMILES string of the molecule is COc1cccc(CNC[C@@H](O)[C@H](Cc2ccccc2)NC(=O)c2cc(C=Cc3ccccc3)cc(N3CCCC3=O)c2)c1. The number of amides is 2. The Morgan fingerprint density at radius 1 is 0.909 bits per heavy atom. The average Bonchev–Trinajstić information content (AvgIpc) is 3.50. The Kier molecular flexibility index (Phi) is 10.6. The first kappa shape index (κ1) is 30.7. The molecule has 7 heteroatoms. The van der Waals surface area contributed by atoms with Gasteiger partial charge >= 0.3 is 0 Å². The highest BCUT2D eigenvalue weighted by Gasteiger charge is 2.25. The molecule has 1 aliphatic rings. The Hall–Kier alpha value is -4.72. The minimum absolute atomic E-state index is 0.0556. The number of methoxy groups -OCH3 is 1. The summed E-state index contributed by atoms with van der Waals surface area (Å²) >= 11 is 0. The van der Waals surface area contributed by atoms with Gasteiger partial charge in [-0.2, -0.15) is 0 Å². The van der Waals surface area contributed by atoms with Gasteiger partial charge in [0.1, 0.15) is 5.75 Å². The number of carbonyl (C=O) groups excluding carboxylic acids is 2. The lowest BCUT2D eigenvalue weighted by Gasteiger charge is -2.25. The number of nitrogens with one attached hydrogen (secondary N) is 2. The van der Waals surface area contributed by atoms with Crippen molar-refractivity contribution in [1.29, 1.82) is 0 Å². The lowest BCUT2D eigenvalue weighted by atomic mass is 9.99. The van der Waals surface area contributed by atoms with Crippen molar-refractivity contribution >= 4 is 29.7 Å². The van der Waals surface area contributed by atoms with Crippen LogP contribution in [0.2, 0.25) is 0 Å². The van der Waals surface area contributed by atoms with E-state index in [2.05, 4.69) is 10.6 Å². The van der Waals surface area contributed by atoms with Crippen LogP contribution in [0.25, 0.3) is 12.2 Å². The Bertz CT molecular complexity index is 1570. The summed E-state index contributed by atoms with van der Waals surface area (Å²) in [4.78, 5) is 28.2. The fourth-order valence-corrected chi connectivity index (χ4v) is 5.39. The third kappa shape index (κ3) is 8.43. The zero-order valence-electron chi connectivity index (χ0n) is 25.0. The highest BCUT2D eigenvalue weighted by atomic mass is 16.5. The van der Waals surface area contributed by atoms with Gasteiger partial charge in [-0.1, -0.05) is 84.9 Å². The van der Waals surface area contributed by atoms with Gasteiger partial charge in [-0.15, -0.1) is 0 Å². The monoisotopic (exact) mass is 589 g/mol. The van der Waals surface area contributed by atoms with Crippen LogP contribution in [0.1, 0.15) is 45.5 Å². The van der Waals surface area contributed by atoms with Crippen LogP contribution in [0.3, 0.4) is 0 Å². The number of benzene rings is 4. The molecule has 4 aromatic rings. The fourth-order valence-electron chi connectivity index (χ4n) is 5.39. The maximum atomic E-state index is 13.8. The van der Waals surface area contributed by atoms with Crippen LogP contribution in [0.4, 0.5) is 5.69 Å². The average molecular weight is 590 g/mol. The van der Waals surface area contributed by atoms with Crippen LogP contribution < -0.4 is 20.3 Å². The Balaban J connectivity index is 1.35. The zero-order chi connectivity index (χ0) is 30.7. The van der Waals surface area contributed by atoms with Crippen LogP contribution in [0, 0.1) is 0 Å². The molecule has 0 unspecified atom stereocenters. The molecule has 2 atom stereocenters. The molecule has 1 aliphatic heterocycles. The van der Waals surface area contributed by atoms with Gasteiger partial charge in [0.05, 0.1) is 19.3 Å². The molecule has 0 aromatic heterocycles. The predicted octanol–water partition coefficient (Wildman–Crippen LogP) is 5.48. The lowest BCUT2D eigenvalue weighted by Crippen LogP contribution is -2.48. The standard InChI is InChI=1S/C37H39N3O4/c1-44-33-15-8-14-30(22-33)25-38-26-35(41)34(23-28-12-6-3-7-13-28)39-37(43)31-20-29(18-17-27-10-4-2-5-11-27)21-32(24-31)40-19-9-16-36(40)42/h2-8,10-15,17-18,20-22,24,34-35,38,41H,9,16,19,23,25-26H2,1H3,(H,39,43)/t34-,35+/m0/s1. The molecular weight excluding hydrogens is 550 g/mol. The van der Waals surface area contributed by atoms with E-state index in [1.54, 1.807) is 18.1 Å². The number of hydrogen-bond donors (Lipinski definition) is 3. The van der Waals surface area contributed by atoms with Crippen LogP contribution in [0.15, 0.2) is 103 Å². The van der Waals surface area contributed by atoms with Crippen molar-refractivity contribution < 1.29 is 19.4 Å². The Morgan fingerprint density at radius 2 is 1.64 bits per heavy atom. The van der Waals surface area contributed by atoms with Gasteiger partial charge in [0.15, 0.2) is 0 Å². The van der Waals surface area contributed by atoms with Crippen molar-refractivity contribution in [2.24, 2.45) is 0 Å². The third-order valence-electron chi connectivity index (χ3n) is 7.75. The molecule has 1 fully saturated rings. The van der Waals surface area contributed by atoms with Crippen LogP contribution in [-0.4, -0.2) is 49.3 Å². The number of ether oxygens (including phenoxy) is 1. The van der Waals surface area contributed by atoms with Gasteiger partial charge in [-0.25, -0.2) is 0 Å². The second-order valence-corrected chi connectivity index (χ2v) is 11.0. The largest absolute Gasteiger partial charge is 0.497 e. The molecule has 3 N–H and O–H groups in total. The summed E-state index contributed by atoms with van der Waals surface area (Å²) in [5.41, 5.74) is 5.03. The number of hydrogen-bond acceptors (Lipinski definition) is 5. The number of nitrogens with zero attached hydrogens (tertiary/aromatic N) is 1. The summed E-state index contributed by atoms with van der Waals surface area (Å²) in [6.45, 7) is 1.45. The second-order valence-electron chi connectivity index (χ2n) is 11.0. The molecule has 0 spiro atoms. The van der Waals surface area contributed by atoms with Gasteiger partial charge in [0.25, 0.3) is 5.91 Å². The first-order valence-corrected chi connectivity index (χ1v) is 15.0. The molecule has 5 rings (SSSR count). The number of aliphatic hydroxyl groups is 1. The van der Waals surface area contributed by atoms with E-state index in [-0.39, 0.29) is 18.4 Å². The quantitative estimate of drug-likeness (QED) is 0.180. The molecule has 0 aliphatic carbocycles. The van der Waals surface area contributed by atoms with E-state index in [0.717, 1.165) is 34.4 Å². The van der Waals surface area contributed by atoms with E-state index in [0.29, 0.717) is 37.2 Å². The van der Waals surface area contributed by atoms with Crippen LogP contribution in [0.5, 0.6) is 5.75 Å². The summed E-state index contributed by atoms with van der Waals surface area (Å²) in [6.07, 6.45) is 4.83. The number of carbonyl (C=O) groups is 2. The summed E-state index contributed by atoms with van der Waals surface area (Å²) in [5, 5.41) is 17.7. The summed E-state index contributed by atoms with van der Waals surface area (Å²) in [5.74, 6) is 0.524. The highest BCUT2D eigenvalue weighted by molar-refractivity contribution is 6.00. The van der Waals surface area contributed by atoms with Gasteiger partial charge in [-0.05, 0) is 65.4 Å². The van der Waals surface area contributed by atoms with E-state index >= 15 is 0 Å². The van der Waals surface area contributed by atoms with E-state index in [9.17, 15) is 14.7 Å². The molecule has 1 saturated heterocycles. The molecule has 0 bridgehead atoms. The zero-order valence-corrected chi connectivity index (χ0v) is 25.0. The van der Waals surface area contributed by atoms with E-state index < -0.39 is 12.1 Å². The highest BCUT2D eigenvalue weighted by Crippen LogP contribution is 2.26. The minimum atomic E-state index is -0.856. The molecular formula is C37H39N3O4. The molecule has 226 valence electrons. The normalized spacial score (nSPS) is 14.5. The molecule has 0 radical (unpaired) electrons. The topological polar surface area (TPSA) is 90.9 Å². The van der Waals surface area contributed by atoms with E-state index in [1.807, 2.05) is 109 Å². The first-order chi connectivity index (χ1) is 21.5.